The molecule has 0 spiro atoms. The molecule has 0 heterocycles. The van der Waals surface area contributed by atoms with Gasteiger partial charge in [0.25, 0.3) is 0 Å². The molecule has 2 N–H and O–H groups in total. The van der Waals surface area contributed by atoms with Gasteiger partial charge >= 0.3 is 0 Å². The summed E-state index contributed by atoms with van der Waals surface area (Å²) >= 11 is 5.68. The Morgan fingerprint density at radius 1 is 1.12 bits per heavy atom. The van der Waals surface area contributed by atoms with E-state index in [1.165, 1.54) is 18.2 Å². The number of carbonyl (C=O) groups excluding carboxylic acids is 1. The SMILES string of the molecule is CCOCCOc1ccc(NCC(=O)Nc2ccc(F)c(Cl)c2)cc1. The number of halogens is 2. The lowest BCUT2D eigenvalue weighted by molar-refractivity contribution is -0.114. The number of benzene rings is 2. The summed E-state index contributed by atoms with van der Waals surface area (Å²) in [6.45, 7) is 3.70. The van der Waals surface area contributed by atoms with Crippen LogP contribution in [0.1, 0.15) is 6.92 Å². The second-order valence-electron chi connectivity index (χ2n) is 5.10. The molecular formula is C18H20ClFN2O3. The van der Waals surface area contributed by atoms with Crippen molar-refractivity contribution in [2.24, 2.45) is 0 Å². The summed E-state index contributed by atoms with van der Waals surface area (Å²) in [4.78, 5) is 11.9. The minimum atomic E-state index is -0.527. The zero-order valence-corrected chi connectivity index (χ0v) is 14.6. The third-order valence-corrected chi connectivity index (χ3v) is 3.50. The summed E-state index contributed by atoms with van der Waals surface area (Å²) in [5.41, 5.74) is 1.22. The van der Waals surface area contributed by atoms with E-state index in [0.29, 0.717) is 25.5 Å². The normalized spacial score (nSPS) is 10.4. The van der Waals surface area contributed by atoms with E-state index >= 15 is 0 Å². The van der Waals surface area contributed by atoms with Gasteiger partial charge in [-0.25, -0.2) is 4.39 Å². The van der Waals surface area contributed by atoms with Crippen LogP contribution in [0.2, 0.25) is 5.02 Å². The third kappa shape index (κ3) is 6.60. The predicted octanol–water partition coefficient (Wildman–Crippen LogP) is 3.95. The van der Waals surface area contributed by atoms with Crippen LogP contribution in [-0.2, 0) is 9.53 Å². The van der Waals surface area contributed by atoms with Gasteiger partial charge in [0.2, 0.25) is 5.91 Å². The first kappa shape index (κ1) is 19.0. The van der Waals surface area contributed by atoms with Gasteiger partial charge in [0.15, 0.2) is 0 Å². The van der Waals surface area contributed by atoms with Gasteiger partial charge in [0.1, 0.15) is 18.2 Å². The number of nitrogens with one attached hydrogen (secondary N) is 2. The fraction of sp³-hybridized carbons (Fsp3) is 0.278. The zero-order valence-electron chi connectivity index (χ0n) is 13.9. The van der Waals surface area contributed by atoms with Crippen LogP contribution < -0.4 is 15.4 Å². The standard InChI is InChI=1S/C18H20ClFN2O3/c1-2-24-9-10-25-15-6-3-13(4-7-15)21-12-18(23)22-14-5-8-17(20)16(19)11-14/h3-8,11,21H,2,9-10,12H2,1H3,(H,22,23). The van der Waals surface area contributed by atoms with Crippen molar-refractivity contribution < 1.29 is 18.7 Å². The molecule has 1 amide bonds. The largest absolute Gasteiger partial charge is 0.491 e. The van der Waals surface area contributed by atoms with Crippen LogP contribution >= 0.6 is 11.6 Å². The van der Waals surface area contributed by atoms with E-state index in [-0.39, 0.29) is 17.5 Å². The quantitative estimate of drug-likeness (QED) is 0.660. The molecule has 134 valence electrons. The van der Waals surface area contributed by atoms with E-state index < -0.39 is 5.82 Å². The van der Waals surface area contributed by atoms with Crippen molar-refractivity contribution in [3.05, 3.63) is 53.3 Å². The first-order chi connectivity index (χ1) is 12.1. The number of hydrogen-bond donors (Lipinski definition) is 2. The van der Waals surface area contributed by atoms with Gasteiger partial charge in [-0.1, -0.05) is 11.6 Å². The van der Waals surface area contributed by atoms with Crippen LogP contribution in [0, 0.1) is 5.82 Å². The Labute approximate surface area is 151 Å². The highest BCUT2D eigenvalue weighted by Crippen LogP contribution is 2.19. The number of carbonyl (C=O) groups is 1. The van der Waals surface area contributed by atoms with E-state index in [1.807, 2.05) is 31.2 Å². The molecule has 25 heavy (non-hydrogen) atoms. The molecule has 0 aliphatic rings. The minimum absolute atomic E-state index is 0.0364. The number of amides is 1. The molecule has 7 heteroatoms. The summed E-state index contributed by atoms with van der Waals surface area (Å²) in [7, 11) is 0. The first-order valence-corrected chi connectivity index (χ1v) is 8.25. The van der Waals surface area contributed by atoms with Crippen LogP contribution in [0.15, 0.2) is 42.5 Å². The van der Waals surface area contributed by atoms with Crippen molar-refractivity contribution in [2.45, 2.75) is 6.92 Å². The van der Waals surface area contributed by atoms with Gasteiger partial charge in [-0.2, -0.15) is 0 Å². The molecule has 0 radical (unpaired) electrons. The highest BCUT2D eigenvalue weighted by molar-refractivity contribution is 6.31. The molecule has 0 bridgehead atoms. The van der Waals surface area contributed by atoms with Crippen LogP contribution in [0.3, 0.4) is 0 Å². The van der Waals surface area contributed by atoms with Gasteiger partial charge < -0.3 is 20.1 Å². The van der Waals surface area contributed by atoms with E-state index in [4.69, 9.17) is 21.1 Å². The Hall–Kier alpha value is -2.31. The fourth-order valence-electron chi connectivity index (χ4n) is 1.99. The molecule has 2 rings (SSSR count). The lowest BCUT2D eigenvalue weighted by atomic mass is 10.3. The molecule has 5 nitrogen and oxygen atoms in total. The van der Waals surface area contributed by atoms with Crippen LogP contribution in [0.4, 0.5) is 15.8 Å². The molecule has 0 aliphatic heterocycles. The van der Waals surface area contributed by atoms with Gasteiger partial charge in [-0.15, -0.1) is 0 Å². The van der Waals surface area contributed by atoms with Gasteiger partial charge in [-0.05, 0) is 49.4 Å². The van der Waals surface area contributed by atoms with Crippen molar-refractivity contribution in [3.63, 3.8) is 0 Å². The number of hydrogen-bond acceptors (Lipinski definition) is 4. The van der Waals surface area contributed by atoms with Crippen LogP contribution in [0.25, 0.3) is 0 Å². The summed E-state index contributed by atoms with van der Waals surface area (Å²) < 4.78 is 23.8. The summed E-state index contributed by atoms with van der Waals surface area (Å²) in [5, 5.41) is 5.60. The molecule has 2 aromatic carbocycles. The second-order valence-corrected chi connectivity index (χ2v) is 5.51. The van der Waals surface area contributed by atoms with Crippen LogP contribution in [-0.4, -0.2) is 32.3 Å². The highest BCUT2D eigenvalue weighted by atomic mass is 35.5. The molecule has 0 unspecified atom stereocenters. The van der Waals surface area contributed by atoms with Crippen molar-refractivity contribution in [1.82, 2.24) is 0 Å². The Bertz CT molecular complexity index is 695. The minimum Gasteiger partial charge on any atom is -0.491 e. The number of ether oxygens (including phenoxy) is 2. The van der Waals surface area contributed by atoms with E-state index in [9.17, 15) is 9.18 Å². The Morgan fingerprint density at radius 2 is 1.84 bits per heavy atom. The average Bonchev–Trinajstić information content (AvgIpc) is 2.61. The van der Waals surface area contributed by atoms with E-state index in [0.717, 1.165) is 11.4 Å². The topological polar surface area (TPSA) is 59.6 Å². The molecular weight excluding hydrogens is 347 g/mol. The predicted molar refractivity (Wildman–Crippen MR) is 97.0 cm³/mol. The number of rotatable bonds is 9. The average molecular weight is 367 g/mol. The molecule has 0 fully saturated rings. The summed E-state index contributed by atoms with van der Waals surface area (Å²) in [5.74, 6) is -0.0586. The number of anilines is 2. The molecule has 0 aliphatic carbocycles. The maximum atomic E-state index is 13.1. The zero-order chi connectivity index (χ0) is 18.1. The molecule has 0 atom stereocenters. The Morgan fingerprint density at radius 3 is 2.52 bits per heavy atom. The molecule has 0 saturated heterocycles. The van der Waals surface area contributed by atoms with Crippen molar-refractivity contribution in [2.75, 3.05) is 37.0 Å². The molecule has 0 saturated carbocycles. The van der Waals surface area contributed by atoms with E-state index in [1.54, 1.807) is 0 Å². The third-order valence-electron chi connectivity index (χ3n) is 3.21. The summed E-state index contributed by atoms with van der Waals surface area (Å²) in [6, 6.07) is 11.3. The van der Waals surface area contributed by atoms with Crippen molar-refractivity contribution in [1.29, 1.82) is 0 Å². The van der Waals surface area contributed by atoms with Crippen LogP contribution in [0.5, 0.6) is 5.75 Å². The molecule has 0 aromatic heterocycles. The summed E-state index contributed by atoms with van der Waals surface area (Å²) in [6.07, 6.45) is 0. The fourth-order valence-corrected chi connectivity index (χ4v) is 2.17. The molecule has 2 aromatic rings. The van der Waals surface area contributed by atoms with Gasteiger partial charge in [0.05, 0.1) is 18.2 Å². The lowest BCUT2D eigenvalue weighted by Gasteiger charge is -2.10. The van der Waals surface area contributed by atoms with Crippen molar-refractivity contribution >= 4 is 28.9 Å². The maximum Gasteiger partial charge on any atom is 0.243 e. The Balaban J connectivity index is 1.76. The van der Waals surface area contributed by atoms with Gasteiger partial charge in [0, 0.05) is 18.0 Å². The first-order valence-electron chi connectivity index (χ1n) is 7.88. The lowest BCUT2D eigenvalue weighted by Crippen LogP contribution is -2.21. The van der Waals surface area contributed by atoms with E-state index in [2.05, 4.69) is 10.6 Å². The van der Waals surface area contributed by atoms with Crippen molar-refractivity contribution in [3.8, 4) is 5.75 Å². The van der Waals surface area contributed by atoms with Gasteiger partial charge in [-0.3, -0.25) is 4.79 Å². The maximum absolute atomic E-state index is 13.1. The second kappa shape index (κ2) is 9.86. The monoisotopic (exact) mass is 366 g/mol. The Kier molecular flexibility index (Phi) is 7.50. The smallest absolute Gasteiger partial charge is 0.243 e. The highest BCUT2D eigenvalue weighted by Gasteiger charge is 2.05.